The summed E-state index contributed by atoms with van der Waals surface area (Å²) in [5.74, 6) is -0.757. The van der Waals surface area contributed by atoms with E-state index in [1.54, 1.807) is 20.8 Å². The standard InChI is InChI=1S/C20H25NO3P2/c1-13(2)19(22)21-14(3)20(23)24-12-15-4-6-16(7-5-15)17-8-10-18(26-25)11-9-17/h4-11,13-14,26H,12,25H2,1-3H3,(H,21,22). The molecule has 0 aliphatic carbocycles. The van der Waals surface area contributed by atoms with Crippen molar-refractivity contribution in [2.45, 2.75) is 33.4 Å². The minimum absolute atomic E-state index is 0.160. The second-order valence-electron chi connectivity index (χ2n) is 6.41. The molecule has 0 saturated heterocycles. The molecule has 0 fully saturated rings. The molecule has 26 heavy (non-hydrogen) atoms. The summed E-state index contributed by atoms with van der Waals surface area (Å²) in [5, 5.41) is 3.95. The van der Waals surface area contributed by atoms with E-state index >= 15 is 0 Å². The Morgan fingerprint density at radius 1 is 1.00 bits per heavy atom. The zero-order chi connectivity index (χ0) is 19.1. The van der Waals surface area contributed by atoms with Crippen molar-refractivity contribution in [1.82, 2.24) is 5.32 Å². The number of carbonyl (C=O) groups excluding carboxylic acids is 2. The molecule has 2 aromatic rings. The van der Waals surface area contributed by atoms with Gasteiger partial charge in [-0.3, -0.25) is 4.79 Å². The van der Waals surface area contributed by atoms with Crippen LogP contribution in [0.1, 0.15) is 26.3 Å². The maximum absolute atomic E-state index is 12.0. The molecule has 0 bridgehead atoms. The van der Waals surface area contributed by atoms with Crippen LogP contribution in [0.25, 0.3) is 11.1 Å². The molecular weight excluding hydrogens is 364 g/mol. The summed E-state index contributed by atoms with van der Waals surface area (Å²) in [4.78, 5) is 23.6. The molecule has 1 amide bonds. The molecule has 2 aromatic carbocycles. The van der Waals surface area contributed by atoms with Gasteiger partial charge in [-0.1, -0.05) is 70.6 Å². The highest BCUT2D eigenvalue weighted by atomic mass is 32.0. The van der Waals surface area contributed by atoms with Crippen molar-refractivity contribution in [3.63, 3.8) is 0 Å². The Labute approximate surface area is 159 Å². The van der Waals surface area contributed by atoms with Crippen LogP contribution in [0.3, 0.4) is 0 Å². The topological polar surface area (TPSA) is 55.4 Å². The molecule has 0 aromatic heterocycles. The Kier molecular flexibility index (Phi) is 7.75. The number of nitrogens with one attached hydrogen (secondary N) is 1. The molecule has 3 unspecified atom stereocenters. The third-order valence-corrected chi connectivity index (χ3v) is 5.62. The fourth-order valence-electron chi connectivity index (χ4n) is 2.27. The van der Waals surface area contributed by atoms with Gasteiger partial charge >= 0.3 is 5.97 Å². The van der Waals surface area contributed by atoms with Gasteiger partial charge in [0.1, 0.15) is 12.6 Å². The molecule has 0 aliphatic rings. The summed E-state index contributed by atoms with van der Waals surface area (Å²) in [6.45, 7) is 5.38. The van der Waals surface area contributed by atoms with Crippen molar-refractivity contribution in [3.05, 3.63) is 54.1 Å². The van der Waals surface area contributed by atoms with E-state index in [9.17, 15) is 9.59 Å². The fourth-order valence-corrected chi connectivity index (χ4v) is 3.21. The van der Waals surface area contributed by atoms with Crippen LogP contribution >= 0.6 is 17.2 Å². The van der Waals surface area contributed by atoms with Crippen LogP contribution in [-0.2, 0) is 20.9 Å². The van der Waals surface area contributed by atoms with Crippen LogP contribution in [0, 0.1) is 5.92 Å². The van der Waals surface area contributed by atoms with Crippen molar-refractivity contribution in [2.24, 2.45) is 5.92 Å². The van der Waals surface area contributed by atoms with E-state index in [0.29, 0.717) is 8.27 Å². The highest BCUT2D eigenvalue weighted by molar-refractivity contribution is 8.06. The molecule has 0 aliphatic heterocycles. The number of hydrogen-bond acceptors (Lipinski definition) is 3. The summed E-state index contributed by atoms with van der Waals surface area (Å²) in [5.41, 5.74) is 3.19. The Bertz CT molecular complexity index is 743. The van der Waals surface area contributed by atoms with Crippen molar-refractivity contribution in [2.75, 3.05) is 0 Å². The molecule has 6 heteroatoms. The van der Waals surface area contributed by atoms with Gasteiger partial charge in [0, 0.05) is 5.92 Å². The lowest BCUT2D eigenvalue weighted by atomic mass is 10.0. The monoisotopic (exact) mass is 389 g/mol. The maximum atomic E-state index is 12.0. The van der Waals surface area contributed by atoms with Crippen molar-refractivity contribution in [1.29, 1.82) is 0 Å². The van der Waals surface area contributed by atoms with Crippen LogP contribution in [0.5, 0.6) is 0 Å². The number of amides is 1. The summed E-state index contributed by atoms with van der Waals surface area (Å²) in [7, 11) is 3.46. The van der Waals surface area contributed by atoms with E-state index in [2.05, 4.69) is 38.5 Å². The smallest absolute Gasteiger partial charge is 0.328 e. The number of ether oxygens (including phenoxy) is 1. The maximum Gasteiger partial charge on any atom is 0.328 e. The number of esters is 1. The molecule has 4 nitrogen and oxygen atoms in total. The van der Waals surface area contributed by atoms with Crippen molar-refractivity contribution < 1.29 is 14.3 Å². The first-order chi connectivity index (χ1) is 12.4. The largest absolute Gasteiger partial charge is 0.459 e. The SMILES string of the molecule is CC(C)C(=O)NC(C)C(=O)OCc1ccc(-c2ccc(PP)cc2)cc1. The number of hydrogen-bond donors (Lipinski definition) is 1. The Balaban J connectivity index is 1.90. The predicted octanol–water partition coefficient (Wildman–Crippen LogP) is 3.65. The lowest BCUT2D eigenvalue weighted by Crippen LogP contribution is -2.41. The lowest BCUT2D eigenvalue weighted by molar-refractivity contribution is -0.148. The minimum atomic E-state index is -0.653. The van der Waals surface area contributed by atoms with Crippen molar-refractivity contribution in [3.8, 4) is 11.1 Å². The van der Waals surface area contributed by atoms with E-state index in [1.807, 2.05) is 24.3 Å². The van der Waals surface area contributed by atoms with E-state index in [0.717, 1.165) is 16.7 Å². The van der Waals surface area contributed by atoms with Gasteiger partial charge in [0.05, 0.1) is 0 Å². The number of benzene rings is 2. The van der Waals surface area contributed by atoms with E-state index in [-0.39, 0.29) is 18.4 Å². The quantitative estimate of drug-likeness (QED) is 0.581. The average Bonchev–Trinajstić information content (AvgIpc) is 2.66. The summed E-state index contributed by atoms with van der Waals surface area (Å²) in [6.07, 6.45) is 0. The first-order valence-corrected chi connectivity index (χ1v) is 11.3. The van der Waals surface area contributed by atoms with Gasteiger partial charge in [-0.25, -0.2) is 4.79 Å². The molecule has 0 saturated carbocycles. The highest BCUT2D eigenvalue weighted by Crippen LogP contribution is 2.23. The van der Waals surface area contributed by atoms with Crippen LogP contribution in [0.2, 0.25) is 0 Å². The Hall–Kier alpha value is -1.76. The number of rotatable bonds is 7. The Morgan fingerprint density at radius 3 is 2.04 bits per heavy atom. The molecule has 0 radical (unpaired) electrons. The summed E-state index contributed by atoms with van der Waals surface area (Å²) in [6, 6.07) is 15.8. The third-order valence-electron chi connectivity index (χ3n) is 3.96. The molecule has 2 rings (SSSR count). The summed E-state index contributed by atoms with van der Waals surface area (Å²) >= 11 is 0. The average molecular weight is 389 g/mol. The zero-order valence-electron chi connectivity index (χ0n) is 15.3. The summed E-state index contributed by atoms with van der Waals surface area (Å²) < 4.78 is 5.29. The lowest BCUT2D eigenvalue weighted by Gasteiger charge is -2.15. The van der Waals surface area contributed by atoms with Gasteiger partial charge in [-0.2, -0.15) is 0 Å². The predicted molar refractivity (Wildman–Crippen MR) is 112 cm³/mol. The zero-order valence-corrected chi connectivity index (χ0v) is 17.4. The van der Waals surface area contributed by atoms with Gasteiger partial charge in [0.2, 0.25) is 5.91 Å². The van der Waals surface area contributed by atoms with Gasteiger partial charge in [0.25, 0.3) is 0 Å². The van der Waals surface area contributed by atoms with Crippen LogP contribution in [0.15, 0.2) is 48.5 Å². The van der Waals surface area contributed by atoms with Crippen molar-refractivity contribution >= 4 is 34.4 Å². The molecule has 0 spiro atoms. The molecule has 3 atom stereocenters. The van der Waals surface area contributed by atoms with E-state index in [4.69, 9.17) is 4.74 Å². The van der Waals surface area contributed by atoms with Gasteiger partial charge in [0.15, 0.2) is 0 Å². The van der Waals surface area contributed by atoms with Gasteiger partial charge in [-0.15, -0.1) is 8.93 Å². The Morgan fingerprint density at radius 2 is 1.54 bits per heavy atom. The fraction of sp³-hybridized carbons (Fsp3) is 0.300. The highest BCUT2D eigenvalue weighted by Gasteiger charge is 2.18. The van der Waals surface area contributed by atoms with Crippen LogP contribution in [0.4, 0.5) is 0 Å². The molecule has 0 heterocycles. The normalized spacial score (nSPS) is 12.3. The second kappa shape index (κ2) is 9.80. The van der Waals surface area contributed by atoms with Gasteiger partial charge < -0.3 is 10.1 Å². The van der Waals surface area contributed by atoms with Crippen LogP contribution in [-0.4, -0.2) is 17.9 Å². The minimum Gasteiger partial charge on any atom is -0.459 e. The molecule has 1 N–H and O–H groups in total. The van der Waals surface area contributed by atoms with E-state index in [1.165, 1.54) is 5.30 Å². The first-order valence-electron chi connectivity index (χ1n) is 8.53. The van der Waals surface area contributed by atoms with Gasteiger partial charge in [-0.05, 0) is 28.9 Å². The van der Waals surface area contributed by atoms with Crippen LogP contribution < -0.4 is 10.6 Å². The third kappa shape index (κ3) is 5.90. The van der Waals surface area contributed by atoms with E-state index < -0.39 is 12.0 Å². The first kappa shape index (κ1) is 20.6. The number of carbonyl (C=O) groups is 2. The molecule has 138 valence electrons. The second-order valence-corrected chi connectivity index (χ2v) is 8.14. The molecular formula is C20H25NO3P2.